The van der Waals surface area contributed by atoms with Gasteiger partial charge in [0.1, 0.15) is 5.82 Å². The quantitative estimate of drug-likeness (QED) is 0.891. The van der Waals surface area contributed by atoms with Gasteiger partial charge in [0.05, 0.1) is 6.61 Å². The van der Waals surface area contributed by atoms with Gasteiger partial charge in [-0.3, -0.25) is 0 Å². The van der Waals surface area contributed by atoms with Crippen LogP contribution in [0.1, 0.15) is 17.0 Å². The Hall–Kier alpha value is -1.38. The molecule has 2 aromatic carbocycles. The summed E-state index contributed by atoms with van der Waals surface area (Å²) in [6, 6.07) is 14.2. The topological polar surface area (TPSA) is 20.2 Å². The Balaban J connectivity index is 2.26. The molecule has 0 heterocycles. The molecular weight excluding hydrogens is 251 g/mol. The van der Waals surface area contributed by atoms with Crippen molar-refractivity contribution in [1.29, 1.82) is 0 Å². The molecule has 1 atom stereocenters. The van der Waals surface area contributed by atoms with Gasteiger partial charge in [0.15, 0.2) is 0 Å². The van der Waals surface area contributed by atoms with E-state index in [1.807, 2.05) is 30.3 Å². The van der Waals surface area contributed by atoms with Crippen LogP contribution in [0.5, 0.6) is 0 Å². The highest BCUT2D eigenvalue weighted by molar-refractivity contribution is 6.31. The van der Waals surface area contributed by atoms with Gasteiger partial charge in [0.25, 0.3) is 0 Å². The van der Waals surface area contributed by atoms with E-state index in [2.05, 4.69) is 0 Å². The van der Waals surface area contributed by atoms with Gasteiger partial charge in [0, 0.05) is 16.5 Å². The molecule has 94 valence electrons. The smallest absolute Gasteiger partial charge is 0.127 e. The van der Waals surface area contributed by atoms with Crippen LogP contribution in [0.3, 0.4) is 0 Å². The maximum absolute atomic E-state index is 13.7. The summed E-state index contributed by atoms with van der Waals surface area (Å²) in [6.45, 7) is -0.0331. The fourth-order valence-electron chi connectivity index (χ4n) is 1.99. The zero-order valence-electron chi connectivity index (χ0n) is 9.81. The molecule has 2 aromatic rings. The van der Waals surface area contributed by atoms with E-state index < -0.39 is 0 Å². The Morgan fingerprint density at radius 2 is 1.78 bits per heavy atom. The van der Waals surface area contributed by atoms with Crippen LogP contribution in [0.25, 0.3) is 0 Å². The third kappa shape index (κ3) is 2.89. The van der Waals surface area contributed by atoms with Crippen LogP contribution in [0.4, 0.5) is 4.39 Å². The average Bonchev–Trinajstić information content (AvgIpc) is 2.40. The van der Waals surface area contributed by atoms with Crippen molar-refractivity contribution in [3.8, 4) is 0 Å². The Morgan fingerprint density at radius 1 is 1.06 bits per heavy atom. The Kier molecular flexibility index (Phi) is 4.34. The third-order valence-corrected chi connectivity index (χ3v) is 3.36. The monoisotopic (exact) mass is 264 g/mol. The molecule has 1 unspecified atom stereocenters. The highest BCUT2D eigenvalue weighted by Crippen LogP contribution is 2.26. The van der Waals surface area contributed by atoms with Gasteiger partial charge in [-0.25, -0.2) is 4.39 Å². The van der Waals surface area contributed by atoms with Crippen LogP contribution in [0, 0.1) is 5.82 Å². The lowest BCUT2D eigenvalue weighted by Gasteiger charge is -2.16. The van der Waals surface area contributed by atoms with E-state index in [1.54, 1.807) is 12.1 Å². The van der Waals surface area contributed by atoms with Gasteiger partial charge in [-0.2, -0.15) is 0 Å². The summed E-state index contributed by atoms with van der Waals surface area (Å²) < 4.78 is 13.7. The fraction of sp³-hybridized carbons (Fsp3) is 0.200. The Morgan fingerprint density at radius 3 is 2.39 bits per heavy atom. The molecule has 0 saturated heterocycles. The van der Waals surface area contributed by atoms with Gasteiger partial charge in [-0.1, -0.05) is 48.0 Å². The van der Waals surface area contributed by atoms with E-state index in [4.69, 9.17) is 11.6 Å². The van der Waals surface area contributed by atoms with Crippen LogP contribution in [-0.2, 0) is 6.42 Å². The second kappa shape index (κ2) is 5.98. The minimum absolute atomic E-state index is 0.0331. The number of aliphatic hydroxyl groups excluding tert-OH is 1. The minimum Gasteiger partial charge on any atom is -0.396 e. The van der Waals surface area contributed by atoms with E-state index in [1.165, 1.54) is 6.07 Å². The summed E-state index contributed by atoms with van der Waals surface area (Å²) in [4.78, 5) is 0. The number of benzene rings is 2. The fourth-order valence-corrected chi connectivity index (χ4v) is 2.23. The molecule has 0 aliphatic carbocycles. The van der Waals surface area contributed by atoms with Crippen LogP contribution in [-0.4, -0.2) is 11.7 Å². The molecular formula is C15H14ClFO. The van der Waals surface area contributed by atoms with Crippen molar-refractivity contribution in [1.82, 2.24) is 0 Å². The standard InChI is InChI=1S/C15H14ClFO/c16-14-7-4-8-15(17)13(14)9-12(10-18)11-5-2-1-3-6-11/h1-8,12,18H,9-10H2. The van der Waals surface area contributed by atoms with Gasteiger partial charge in [0.2, 0.25) is 0 Å². The summed E-state index contributed by atoms with van der Waals surface area (Å²) in [5.41, 5.74) is 1.45. The number of aliphatic hydroxyl groups is 1. The zero-order valence-corrected chi connectivity index (χ0v) is 10.6. The SMILES string of the molecule is OCC(Cc1c(F)cccc1Cl)c1ccccc1. The number of halogens is 2. The molecule has 0 aliphatic heterocycles. The number of hydrogen-bond donors (Lipinski definition) is 1. The van der Waals surface area contributed by atoms with Gasteiger partial charge >= 0.3 is 0 Å². The molecule has 0 aromatic heterocycles. The molecule has 0 aliphatic rings. The van der Waals surface area contributed by atoms with E-state index in [0.29, 0.717) is 17.0 Å². The van der Waals surface area contributed by atoms with Crippen molar-refractivity contribution in [2.45, 2.75) is 12.3 Å². The normalized spacial score (nSPS) is 12.4. The van der Waals surface area contributed by atoms with Gasteiger partial charge in [-0.05, 0) is 24.1 Å². The first-order chi connectivity index (χ1) is 8.72. The van der Waals surface area contributed by atoms with Gasteiger partial charge < -0.3 is 5.11 Å². The third-order valence-electron chi connectivity index (χ3n) is 3.00. The zero-order chi connectivity index (χ0) is 13.0. The molecule has 1 N–H and O–H groups in total. The second-order valence-electron chi connectivity index (χ2n) is 4.19. The molecule has 0 fully saturated rings. The Bertz CT molecular complexity index is 493. The van der Waals surface area contributed by atoms with E-state index >= 15 is 0 Å². The highest BCUT2D eigenvalue weighted by Gasteiger charge is 2.15. The van der Waals surface area contributed by atoms with Crippen molar-refractivity contribution in [2.24, 2.45) is 0 Å². The molecule has 1 nitrogen and oxygen atoms in total. The van der Waals surface area contributed by atoms with Crippen LogP contribution < -0.4 is 0 Å². The van der Waals surface area contributed by atoms with Crippen molar-refractivity contribution >= 4 is 11.6 Å². The summed E-state index contributed by atoms with van der Waals surface area (Å²) >= 11 is 6.00. The summed E-state index contributed by atoms with van der Waals surface area (Å²) in [6.07, 6.45) is 0.395. The van der Waals surface area contributed by atoms with Gasteiger partial charge in [-0.15, -0.1) is 0 Å². The van der Waals surface area contributed by atoms with Crippen molar-refractivity contribution < 1.29 is 9.50 Å². The van der Waals surface area contributed by atoms with Crippen molar-refractivity contribution in [2.75, 3.05) is 6.61 Å². The van der Waals surface area contributed by atoms with E-state index in [0.717, 1.165) is 5.56 Å². The molecule has 3 heteroatoms. The summed E-state index contributed by atoms with van der Waals surface area (Å²) in [5.74, 6) is -0.461. The summed E-state index contributed by atoms with van der Waals surface area (Å²) in [7, 11) is 0. The Labute approximate surface area is 111 Å². The first kappa shape index (κ1) is 13.1. The lowest BCUT2D eigenvalue weighted by molar-refractivity contribution is 0.263. The molecule has 0 radical (unpaired) electrons. The lowest BCUT2D eigenvalue weighted by atomic mass is 9.92. The second-order valence-corrected chi connectivity index (χ2v) is 4.60. The van der Waals surface area contributed by atoms with E-state index in [-0.39, 0.29) is 18.3 Å². The molecule has 0 bridgehead atoms. The minimum atomic E-state index is -0.322. The van der Waals surface area contributed by atoms with E-state index in [9.17, 15) is 9.50 Å². The molecule has 0 saturated carbocycles. The molecule has 0 spiro atoms. The number of rotatable bonds is 4. The average molecular weight is 265 g/mol. The largest absolute Gasteiger partial charge is 0.396 e. The first-order valence-electron chi connectivity index (χ1n) is 5.81. The van der Waals surface area contributed by atoms with Crippen molar-refractivity contribution in [3.63, 3.8) is 0 Å². The molecule has 18 heavy (non-hydrogen) atoms. The molecule has 0 amide bonds. The highest BCUT2D eigenvalue weighted by atomic mass is 35.5. The predicted octanol–water partition coefficient (Wildman–Crippen LogP) is 3.80. The number of hydrogen-bond acceptors (Lipinski definition) is 1. The summed E-state index contributed by atoms with van der Waals surface area (Å²) in [5, 5.41) is 9.86. The maximum atomic E-state index is 13.7. The van der Waals surface area contributed by atoms with Crippen LogP contribution >= 0.6 is 11.6 Å². The van der Waals surface area contributed by atoms with Crippen molar-refractivity contribution in [3.05, 3.63) is 70.5 Å². The maximum Gasteiger partial charge on any atom is 0.127 e. The first-order valence-corrected chi connectivity index (χ1v) is 6.19. The van der Waals surface area contributed by atoms with Crippen LogP contribution in [0.2, 0.25) is 5.02 Å². The molecule has 2 rings (SSSR count). The lowest BCUT2D eigenvalue weighted by Crippen LogP contribution is -2.09. The van der Waals surface area contributed by atoms with Crippen LogP contribution in [0.15, 0.2) is 48.5 Å². The predicted molar refractivity (Wildman–Crippen MR) is 71.4 cm³/mol.